The quantitative estimate of drug-likeness (QED) is 0.568. The van der Waals surface area contributed by atoms with E-state index in [4.69, 9.17) is 16.3 Å². The first-order chi connectivity index (χ1) is 14.1. The van der Waals surface area contributed by atoms with Crippen molar-refractivity contribution in [2.24, 2.45) is 0 Å². The molecule has 3 rings (SSSR count). The summed E-state index contributed by atoms with van der Waals surface area (Å²) in [5.41, 5.74) is -1.94. The summed E-state index contributed by atoms with van der Waals surface area (Å²) in [4.78, 5) is 40.6. The van der Waals surface area contributed by atoms with Crippen LogP contribution in [0.25, 0.3) is 10.2 Å². The molecule has 30 heavy (non-hydrogen) atoms. The number of esters is 1. The Kier molecular flexibility index (Phi) is 6.42. The third kappa shape index (κ3) is 5.16. The van der Waals surface area contributed by atoms with E-state index in [1.807, 2.05) is 5.32 Å². The number of halogens is 4. The lowest BCUT2D eigenvalue weighted by Crippen LogP contribution is -2.25. The van der Waals surface area contributed by atoms with Crippen LogP contribution < -0.4 is 10.9 Å². The minimum atomic E-state index is -4.73. The molecule has 3 aromatic rings. The molecule has 0 saturated carbocycles. The van der Waals surface area contributed by atoms with Crippen LogP contribution in [0.3, 0.4) is 0 Å². The topological polar surface area (TPSA) is 90.3 Å². The fraction of sp³-hybridized carbons (Fsp3) is 0.222. The molecule has 0 aliphatic rings. The number of anilines is 1. The van der Waals surface area contributed by atoms with Crippen molar-refractivity contribution in [3.8, 4) is 0 Å². The van der Waals surface area contributed by atoms with E-state index in [1.54, 1.807) is 11.4 Å². The number of aryl methyl sites for hydroxylation is 1. The van der Waals surface area contributed by atoms with Crippen LogP contribution >= 0.6 is 22.9 Å². The van der Waals surface area contributed by atoms with Gasteiger partial charge in [0.2, 0.25) is 0 Å². The Hall–Kier alpha value is -2.92. The number of nitrogens with zero attached hydrogens (tertiary/aromatic N) is 2. The van der Waals surface area contributed by atoms with E-state index in [0.717, 1.165) is 6.07 Å². The Morgan fingerprint density at radius 2 is 2.03 bits per heavy atom. The summed E-state index contributed by atoms with van der Waals surface area (Å²) < 4.78 is 45.1. The van der Waals surface area contributed by atoms with E-state index >= 15 is 0 Å². The van der Waals surface area contributed by atoms with E-state index in [-0.39, 0.29) is 23.5 Å². The second-order valence-corrected chi connectivity index (χ2v) is 7.36. The molecule has 2 aromatic heterocycles. The number of benzene rings is 1. The molecule has 0 aliphatic carbocycles. The summed E-state index contributed by atoms with van der Waals surface area (Å²) in [5, 5.41) is 4.05. The molecule has 0 bridgehead atoms. The van der Waals surface area contributed by atoms with Crippen LogP contribution in [0.4, 0.5) is 18.9 Å². The highest BCUT2D eigenvalue weighted by molar-refractivity contribution is 7.16. The van der Waals surface area contributed by atoms with E-state index in [1.165, 1.54) is 28.3 Å². The summed E-state index contributed by atoms with van der Waals surface area (Å²) in [7, 11) is 0. The van der Waals surface area contributed by atoms with Crippen molar-refractivity contribution in [2.45, 2.75) is 19.1 Å². The first-order valence-corrected chi connectivity index (χ1v) is 9.66. The van der Waals surface area contributed by atoms with Crippen molar-refractivity contribution < 1.29 is 27.5 Å². The van der Waals surface area contributed by atoms with Gasteiger partial charge < -0.3 is 10.1 Å². The van der Waals surface area contributed by atoms with Gasteiger partial charge in [-0.05, 0) is 29.6 Å². The van der Waals surface area contributed by atoms with E-state index in [2.05, 4.69) is 4.98 Å². The number of thiophene rings is 1. The molecule has 158 valence electrons. The van der Waals surface area contributed by atoms with Crippen LogP contribution in [0, 0.1) is 0 Å². The zero-order valence-corrected chi connectivity index (χ0v) is 16.6. The van der Waals surface area contributed by atoms with Crippen LogP contribution in [-0.2, 0) is 27.0 Å². The van der Waals surface area contributed by atoms with Crippen molar-refractivity contribution >= 4 is 50.7 Å². The molecule has 0 aliphatic heterocycles. The van der Waals surface area contributed by atoms with Crippen molar-refractivity contribution in [1.29, 1.82) is 0 Å². The molecule has 0 unspecified atom stereocenters. The number of hydrogen-bond donors (Lipinski definition) is 1. The maximum atomic E-state index is 13.0. The fourth-order valence-corrected chi connectivity index (χ4v) is 3.42. The van der Waals surface area contributed by atoms with Crippen LogP contribution in [0.5, 0.6) is 0 Å². The lowest BCUT2D eigenvalue weighted by molar-refractivity contribution is -0.147. The molecule has 0 radical (unpaired) electrons. The summed E-state index contributed by atoms with van der Waals surface area (Å²) in [5.74, 6) is -1.75. The maximum Gasteiger partial charge on any atom is 0.418 e. The fourth-order valence-electron chi connectivity index (χ4n) is 2.53. The van der Waals surface area contributed by atoms with E-state index in [0.29, 0.717) is 16.3 Å². The van der Waals surface area contributed by atoms with Crippen molar-refractivity contribution in [3.05, 3.63) is 56.9 Å². The normalized spacial score (nSPS) is 11.5. The average molecular weight is 460 g/mol. The largest absolute Gasteiger partial charge is 0.456 e. The summed E-state index contributed by atoms with van der Waals surface area (Å²) in [6, 6.07) is 4.50. The lowest BCUT2D eigenvalue weighted by atomic mass is 10.1. The van der Waals surface area contributed by atoms with Crippen molar-refractivity contribution in [2.75, 3.05) is 11.9 Å². The number of fused-ring (bicyclic) bond motifs is 1. The van der Waals surface area contributed by atoms with Gasteiger partial charge in [0.1, 0.15) is 4.83 Å². The Bertz CT molecular complexity index is 1160. The molecular formula is C18H13ClF3N3O4S. The predicted molar refractivity (Wildman–Crippen MR) is 105 cm³/mol. The summed E-state index contributed by atoms with van der Waals surface area (Å²) in [6.45, 7) is -0.803. The number of rotatable bonds is 6. The highest BCUT2D eigenvalue weighted by Crippen LogP contribution is 2.36. The molecule has 0 saturated heterocycles. The van der Waals surface area contributed by atoms with Gasteiger partial charge in [-0.2, -0.15) is 13.2 Å². The van der Waals surface area contributed by atoms with Gasteiger partial charge in [-0.3, -0.25) is 19.0 Å². The smallest absolute Gasteiger partial charge is 0.418 e. The number of hydrogen-bond acceptors (Lipinski definition) is 6. The Morgan fingerprint density at radius 3 is 2.77 bits per heavy atom. The Morgan fingerprint density at radius 1 is 1.27 bits per heavy atom. The number of carbonyl (C=O) groups excluding carboxylic acids is 2. The average Bonchev–Trinajstić information content (AvgIpc) is 3.16. The molecule has 2 heterocycles. The van der Waals surface area contributed by atoms with Crippen LogP contribution in [0.1, 0.15) is 12.0 Å². The van der Waals surface area contributed by atoms with Gasteiger partial charge >= 0.3 is 12.1 Å². The number of carbonyl (C=O) groups is 2. The van der Waals surface area contributed by atoms with E-state index < -0.39 is 35.9 Å². The van der Waals surface area contributed by atoms with Gasteiger partial charge in [-0.15, -0.1) is 11.3 Å². The van der Waals surface area contributed by atoms with Gasteiger partial charge in [0.05, 0.1) is 29.4 Å². The lowest BCUT2D eigenvalue weighted by Gasteiger charge is -2.14. The summed E-state index contributed by atoms with van der Waals surface area (Å²) >= 11 is 6.89. The Labute approximate surface area is 176 Å². The van der Waals surface area contributed by atoms with Gasteiger partial charge in [0.15, 0.2) is 6.61 Å². The molecule has 12 heteroatoms. The molecule has 1 amide bonds. The van der Waals surface area contributed by atoms with Gasteiger partial charge in [-0.25, -0.2) is 4.98 Å². The molecule has 0 atom stereocenters. The predicted octanol–water partition coefficient (Wildman–Crippen LogP) is 3.70. The maximum absolute atomic E-state index is 13.0. The molecule has 7 nitrogen and oxygen atoms in total. The third-order valence-electron chi connectivity index (χ3n) is 3.93. The zero-order valence-electron chi connectivity index (χ0n) is 15.0. The highest BCUT2D eigenvalue weighted by Gasteiger charge is 2.34. The first kappa shape index (κ1) is 21.8. The highest BCUT2D eigenvalue weighted by atomic mass is 35.5. The molecule has 1 aromatic carbocycles. The molecule has 0 spiro atoms. The number of aromatic nitrogens is 2. The van der Waals surface area contributed by atoms with Crippen LogP contribution in [0.2, 0.25) is 5.02 Å². The SMILES string of the molecule is O=C(COC(=O)CCn1cnc2sccc2c1=O)Nc1ccc(Cl)cc1C(F)(F)F. The summed E-state index contributed by atoms with van der Waals surface area (Å²) in [6.07, 6.45) is -3.64. The minimum absolute atomic E-state index is 0.0204. The number of nitrogens with one attached hydrogen (secondary N) is 1. The second-order valence-electron chi connectivity index (χ2n) is 6.03. The standard InChI is InChI=1S/C18H13ClF3N3O4S/c19-10-1-2-13(12(7-10)18(20,21)22)24-14(26)8-29-15(27)3-5-25-9-23-16-11(17(25)28)4-6-30-16/h1-2,4,6-7,9H,3,5,8H2,(H,24,26). The monoisotopic (exact) mass is 459 g/mol. The van der Waals surface area contributed by atoms with Crippen LogP contribution in [0.15, 0.2) is 40.8 Å². The Balaban J connectivity index is 1.54. The number of ether oxygens (including phenoxy) is 1. The van der Waals surface area contributed by atoms with Gasteiger partial charge in [0, 0.05) is 11.6 Å². The molecule has 0 fully saturated rings. The van der Waals surface area contributed by atoms with Gasteiger partial charge in [-0.1, -0.05) is 11.6 Å². The molecule has 1 N–H and O–H groups in total. The van der Waals surface area contributed by atoms with E-state index in [9.17, 15) is 27.6 Å². The third-order valence-corrected chi connectivity index (χ3v) is 4.99. The first-order valence-electron chi connectivity index (χ1n) is 8.40. The molecular weight excluding hydrogens is 447 g/mol. The minimum Gasteiger partial charge on any atom is -0.456 e. The van der Waals surface area contributed by atoms with Crippen molar-refractivity contribution in [1.82, 2.24) is 9.55 Å². The number of amides is 1. The van der Waals surface area contributed by atoms with Crippen molar-refractivity contribution in [3.63, 3.8) is 0 Å². The number of alkyl halides is 3. The van der Waals surface area contributed by atoms with Gasteiger partial charge in [0.25, 0.3) is 11.5 Å². The second kappa shape index (κ2) is 8.84. The zero-order chi connectivity index (χ0) is 21.9. The van der Waals surface area contributed by atoms with Crippen LogP contribution in [-0.4, -0.2) is 28.0 Å².